The minimum absolute atomic E-state index is 0.483. The molecule has 0 fully saturated rings. The number of rotatable bonds is 1. The summed E-state index contributed by atoms with van der Waals surface area (Å²) in [6, 6.07) is 7.57. The first-order valence-electron chi connectivity index (χ1n) is 3.70. The second-order valence-corrected chi connectivity index (χ2v) is 3.08. The van der Waals surface area contributed by atoms with Crippen molar-refractivity contribution in [1.82, 2.24) is 0 Å². The lowest BCUT2D eigenvalue weighted by molar-refractivity contribution is 0.697. The third kappa shape index (κ3) is 2.08. The first kappa shape index (κ1) is 9.27. The summed E-state index contributed by atoms with van der Waals surface area (Å²) in [5.74, 6) is 0. The molecule has 0 unspecified atom stereocenters. The molecular weight excluding hydrogens is 175 g/mol. The molecule has 2 heteroatoms. The predicted molar refractivity (Wildman–Crippen MR) is 50.7 cm³/mol. The Kier molecular flexibility index (Phi) is 2.88. The highest BCUT2D eigenvalue weighted by Gasteiger charge is 2.00. The lowest BCUT2D eigenvalue weighted by atomic mass is 10.1. The summed E-state index contributed by atoms with van der Waals surface area (Å²) in [6.45, 7) is 3.65. The van der Waals surface area contributed by atoms with E-state index >= 15 is 0 Å². The maximum atomic E-state index is 12.5. The molecule has 0 atom stereocenters. The van der Waals surface area contributed by atoms with E-state index in [2.05, 4.69) is 0 Å². The molecule has 1 rings (SSSR count). The zero-order valence-electron chi connectivity index (χ0n) is 7.07. The monoisotopic (exact) mass is 184 g/mol. The summed E-state index contributed by atoms with van der Waals surface area (Å²) >= 11 is 5.22. The number of allylic oxidation sites excluding steroid dienone is 1. The molecule has 0 radical (unpaired) electrons. The van der Waals surface area contributed by atoms with Crippen LogP contribution in [0.25, 0.3) is 5.57 Å². The third-order valence-electron chi connectivity index (χ3n) is 1.77. The van der Waals surface area contributed by atoms with Crippen LogP contribution in [-0.2, 0) is 0 Å². The van der Waals surface area contributed by atoms with Crippen molar-refractivity contribution in [3.8, 4) is 0 Å². The van der Waals surface area contributed by atoms with Crippen LogP contribution in [0.4, 0.5) is 4.39 Å². The molecule has 0 heterocycles. The summed E-state index contributed by atoms with van der Waals surface area (Å²) in [7, 11) is 0. The van der Waals surface area contributed by atoms with Gasteiger partial charge in [0.05, 0.1) is 0 Å². The minimum atomic E-state index is -0.640. The molecule has 0 N–H and O–H groups in total. The number of halogens is 2. The van der Waals surface area contributed by atoms with Crippen molar-refractivity contribution < 1.29 is 4.39 Å². The topological polar surface area (TPSA) is 0 Å². The molecule has 0 aromatic heterocycles. The Morgan fingerprint density at radius 3 is 2.17 bits per heavy atom. The molecule has 0 aliphatic heterocycles. The molecule has 0 amide bonds. The molecule has 0 bridgehead atoms. The summed E-state index contributed by atoms with van der Waals surface area (Å²) in [5.41, 5.74) is 2.46. The van der Waals surface area contributed by atoms with Gasteiger partial charge in [-0.05, 0) is 19.4 Å². The predicted octanol–water partition coefficient (Wildman–Crippen LogP) is 3.89. The smallest absolute Gasteiger partial charge is 0.192 e. The van der Waals surface area contributed by atoms with Crippen molar-refractivity contribution in [3.05, 3.63) is 40.7 Å². The van der Waals surface area contributed by atoms with Gasteiger partial charge >= 0.3 is 0 Å². The Morgan fingerprint density at radius 1 is 1.25 bits per heavy atom. The van der Waals surface area contributed by atoms with E-state index in [9.17, 15) is 4.39 Å². The molecule has 0 aliphatic carbocycles. The Balaban J connectivity index is 3.06. The van der Waals surface area contributed by atoms with Gasteiger partial charge in [-0.2, -0.15) is 4.39 Å². The lowest BCUT2D eigenvalue weighted by Crippen LogP contribution is -1.80. The lowest BCUT2D eigenvalue weighted by Gasteiger charge is -2.00. The fourth-order valence-corrected chi connectivity index (χ4v) is 1.02. The van der Waals surface area contributed by atoms with E-state index in [1.165, 1.54) is 0 Å². The second-order valence-electron chi connectivity index (χ2n) is 2.75. The molecule has 1 aromatic carbocycles. The quantitative estimate of drug-likeness (QED) is 0.621. The maximum Gasteiger partial charge on any atom is 0.192 e. The molecule has 0 spiro atoms. The largest absolute Gasteiger partial charge is 0.193 e. The molecule has 0 nitrogen and oxygen atoms in total. The van der Waals surface area contributed by atoms with Gasteiger partial charge in [0.25, 0.3) is 0 Å². The van der Waals surface area contributed by atoms with E-state index in [-0.39, 0.29) is 0 Å². The molecule has 0 saturated carbocycles. The zero-order valence-corrected chi connectivity index (χ0v) is 7.82. The average molecular weight is 185 g/mol. The van der Waals surface area contributed by atoms with Crippen molar-refractivity contribution >= 4 is 17.2 Å². The van der Waals surface area contributed by atoms with Crippen LogP contribution < -0.4 is 0 Å². The summed E-state index contributed by atoms with van der Waals surface area (Å²) in [5, 5.41) is -0.640. The van der Waals surface area contributed by atoms with E-state index < -0.39 is 5.29 Å². The number of aryl methyl sites for hydroxylation is 1. The SMILES string of the molecule is C/C(=C(/F)Cl)c1ccc(C)cc1. The van der Waals surface area contributed by atoms with Crippen molar-refractivity contribution in [1.29, 1.82) is 0 Å². The molecule has 64 valence electrons. The van der Waals surface area contributed by atoms with E-state index in [1.807, 2.05) is 31.2 Å². The van der Waals surface area contributed by atoms with Gasteiger partial charge < -0.3 is 0 Å². The molecule has 0 saturated heterocycles. The van der Waals surface area contributed by atoms with E-state index in [0.29, 0.717) is 5.57 Å². The number of benzene rings is 1. The first-order valence-corrected chi connectivity index (χ1v) is 4.08. The molecular formula is C10H10ClF. The van der Waals surface area contributed by atoms with Gasteiger partial charge in [0.2, 0.25) is 0 Å². The van der Waals surface area contributed by atoms with Gasteiger partial charge in [-0.25, -0.2) is 0 Å². The van der Waals surface area contributed by atoms with E-state index in [0.717, 1.165) is 11.1 Å². The van der Waals surface area contributed by atoms with E-state index in [1.54, 1.807) is 6.92 Å². The van der Waals surface area contributed by atoms with Gasteiger partial charge in [0, 0.05) is 5.57 Å². The Hall–Kier alpha value is -0.820. The summed E-state index contributed by atoms with van der Waals surface area (Å²) < 4.78 is 12.5. The van der Waals surface area contributed by atoms with Gasteiger partial charge in [0.1, 0.15) is 0 Å². The Bertz CT molecular complexity index is 294. The van der Waals surface area contributed by atoms with Gasteiger partial charge in [0.15, 0.2) is 5.29 Å². The van der Waals surface area contributed by atoms with Crippen molar-refractivity contribution in [3.63, 3.8) is 0 Å². The van der Waals surface area contributed by atoms with Gasteiger partial charge in [-0.3, -0.25) is 0 Å². The molecule has 1 aromatic rings. The summed E-state index contributed by atoms with van der Waals surface area (Å²) in [6.07, 6.45) is 0. The van der Waals surface area contributed by atoms with Crippen LogP contribution in [-0.4, -0.2) is 0 Å². The molecule has 0 aliphatic rings. The number of hydrogen-bond donors (Lipinski definition) is 0. The Labute approximate surface area is 76.7 Å². The van der Waals surface area contributed by atoms with Crippen LogP contribution in [0.3, 0.4) is 0 Å². The highest BCUT2D eigenvalue weighted by atomic mass is 35.5. The maximum absolute atomic E-state index is 12.5. The minimum Gasteiger partial charge on any atom is -0.193 e. The zero-order chi connectivity index (χ0) is 9.14. The fraction of sp³-hybridized carbons (Fsp3) is 0.200. The highest BCUT2D eigenvalue weighted by Crippen LogP contribution is 2.21. The second kappa shape index (κ2) is 3.72. The normalized spacial score (nSPS) is 12.7. The number of hydrogen-bond acceptors (Lipinski definition) is 0. The summed E-state index contributed by atoms with van der Waals surface area (Å²) in [4.78, 5) is 0. The van der Waals surface area contributed by atoms with Gasteiger partial charge in [-0.1, -0.05) is 41.4 Å². The van der Waals surface area contributed by atoms with Crippen molar-refractivity contribution in [2.75, 3.05) is 0 Å². The average Bonchev–Trinajstić information content (AvgIpc) is 2.04. The van der Waals surface area contributed by atoms with Crippen LogP contribution in [0.5, 0.6) is 0 Å². The third-order valence-corrected chi connectivity index (χ3v) is 2.05. The highest BCUT2D eigenvalue weighted by molar-refractivity contribution is 6.31. The van der Waals surface area contributed by atoms with E-state index in [4.69, 9.17) is 11.6 Å². The van der Waals surface area contributed by atoms with Crippen LogP contribution >= 0.6 is 11.6 Å². The first-order chi connectivity index (χ1) is 5.61. The van der Waals surface area contributed by atoms with Crippen molar-refractivity contribution in [2.45, 2.75) is 13.8 Å². The van der Waals surface area contributed by atoms with Gasteiger partial charge in [-0.15, -0.1) is 0 Å². The van der Waals surface area contributed by atoms with Crippen molar-refractivity contribution in [2.24, 2.45) is 0 Å². The van der Waals surface area contributed by atoms with Crippen LogP contribution in [0, 0.1) is 6.92 Å². The standard InChI is InChI=1S/C10H10ClF/c1-7-3-5-9(6-4-7)8(2)10(11)12/h3-6H,1-2H3/b10-8-. The van der Waals surface area contributed by atoms with Crippen LogP contribution in [0.1, 0.15) is 18.1 Å². The van der Waals surface area contributed by atoms with Crippen LogP contribution in [0.2, 0.25) is 0 Å². The van der Waals surface area contributed by atoms with Crippen LogP contribution in [0.15, 0.2) is 29.6 Å². The molecule has 12 heavy (non-hydrogen) atoms. The fourth-order valence-electron chi connectivity index (χ4n) is 0.913. The Morgan fingerprint density at radius 2 is 1.75 bits per heavy atom.